The fourth-order valence-corrected chi connectivity index (χ4v) is 1.61. The van der Waals surface area contributed by atoms with Gasteiger partial charge in [-0.15, -0.1) is 0 Å². The molecule has 0 spiro atoms. The van der Waals surface area contributed by atoms with Gasteiger partial charge in [-0.1, -0.05) is 13.3 Å². The van der Waals surface area contributed by atoms with Crippen LogP contribution in [0.3, 0.4) is 0 Å². The summed E-state index contributed by atoms with van der Waals surface area (Å²) in [6.45, 7) is 2.16. The van der Waals surface area contributed by atoms with E-state index in [-0.39, 0.29) is 19.7 Å². The highest BCUT2D eigenvalue weighted by Crippen LogP contribution is 2.04. The molecule has 0 aliphatic carbocycles. The lowest BCUT2D eigenvalue weighted by Gasteiger charge is -2.26. The van der Waals surface area contributed by atoms with Gasteiger partial charge in [0.15, 0.2) is 0 Å². The standard InChI is InChI=1S/C13H29NO7/c1-2-3-4-21-8-9(16)5-14-6-10(17)12(19)13(20)11(18)7-15/h9-20H,2-8H2,1H3. The van der Waals surface area contributed by atoms with Crippen molar-refractivity contribution in [2.75, 3.05) is 32.9 Å². The summed E-state index contributed by atoms with van der Waals surface area (Å²) < 4.78 is 5.22. The Morgan fingerprint density at radius 2 is 1.57 bits per heavy atom. The Hall–Kier alpha value is -0.320. The van der Waals surface area contributed by atoms with Crippen LogP contribution in [0.15, 0.2) is 0 Å². The maximum absolute atomic E-state index is 9.61. The van der Waals surface area contributed by atoms with Crippen molar-refractivity contribution in [2.45, 2.75) is 50.3 Å². The predicted octanol–water partition coefficient (Wildman–Crippen LogP) is -2.81. The Morgan fingerprint density at radius 3 is 2.14 bits per heavy atom. The average molecular weight is 311 g/mol. The number of ether oxygens (including phenoxy) is 1. The first-order valence-corrected chi connectivity index (χ1v) is 7.23. The molecule has 0 aliphatic rings. The van der Waals surface area contributed by atoms with Crippen LogP contribution in [-0.4, -0.2) is 94.1 Å². The lowest BCUT2D eigenvalue weighted by atomic mass is 10.0. The molecule has 5 atom stereocenters. The van der Waals surface area contributed by atoms with Crippen LogP contribution in [0.4, 0.5) is 0 Å². The van der Waals surface area contributed by atoms with E-state index in [0.717, 1.165) is 12.8 Å². The summed E-state index contributed by atoms with van der Waals surface area (Å²) in [5.41, 5.74) is 0. The van der Waals surface area contributed by atoms with Gasteiger partial charge < -0.3 is 40.7 Å². The van der Waals surface area contributed by atoms with Gasteiger partial charge >= 0.3 is 0 Å². The van der Waals surface area contributed by atoms with E-state index in [1.165, 1.54) is 0 Å². The predicted molar refractivity (Wildman–Crippen MR) is 75.7 cm³/mol. The van der Waals surface area contributed by atoms with Crippen LogP contribution in [0, 0.1) is 0 Å². The van der Waals surface area contributed by atoms with E-state index in [4.69, 9.17) is 14.9 Å². The zero-order valence-corrected chi connectivity index (χ0v) is 12.4. The summed E-state index contributed by atoms with van der Waals surface area (Å²) in [5.74, 6) is 0. The van der Waals surface area contributed by atoms with Gasteiger partial charge in [-0.25, -0.2) is 0 Å². The number of rotatable bonds is 13. The lowest BCUT2D eigenvalue weighted by molar-refractivity contribution is -0.114. The molecule has 128 valence electrons. The summed E-state index contributed by atoms with van der Waals surface area (Å²) in [6.07, 6.45) is -4.90. The molecular formula is C13H29NO7. The summed E-state index contributed by atoms with van der Waals surface area (Å²) in [5, 5.41) is 58.7. The highest BCUT2D eigenvalue weighted by molar-refractivity contribution is 4.81. The SMILES string of the molecule is CCCCOCC(O)CNCC(O)C(O)C(O)C(O)CO. The van der Waals surface area contributed by atoms with Crippen molar-refractivity contribution < 1.29 is 35.4 Å². The molecule has 5 unspecified atom stereocenters. The highest BCUT2D eigenvalue weighted by Gasteiger charge is 2.29. The Balaban J connectivity index is 3.79. The van der Waals surface area contributed by atoms with Gasteiger partial charge in [-0.05, 0) is 6.42 Å². The van der Waals surface area contributed by atoms with Crippen molar-refractivity contribution in [3.63, 3.8) is 0 Å². The number of unbranched alkanes of at least 4 members (excludes halogenated alkanes) is 1. The Bertz CT molecular complexity index is 245. The third-order valence-corrected chi connectivity index (χ3v) is 3.01. The molecule has 0 saturated heterocycles. The fraction of sp³-hybridized carbons (Fsp3) is 1.00. The van der Waals surface area contributed by atoms with Crippen LogP contribution >= 0.6 is 0 Å². The number of hydrogen-bond donors (Lipinski definition) is 7. The maximum Gasteiger partial charge on any atom is 0.111 e. The van der Waals surface area contributed by atoms with E-state index in [1.54, 1.807) is 0 Å². The number of aliphatic hydroxyl groups excluding tert-OH is 6. The minimum atomic E-state index is -1.64. The smallest absolute Gasteiger partial charge is 0.111 e. The zero-order chi connectivity index (χ0) is 16.3. The highest BCUT2D eigenvalue weighted by atomic mass is 16.5. The van der Waals surface area contributed by atoms with Gasteiger partial charge in [-0.2, -0.15) is 0 Å². The summed E-state index contributed by atoms with van der Waals surface area (Å²) in [6, 6.07) is 0. The molecule has 0 fully saturated rings. The molecule has 0 aromatic heterocycles. The molecule has 0 rings (SSSR count). The first-order chi connectivity index (χ1) is 9.93. The quantitative estimate of drug-likeness (QED) is 0.181. The molecule has 0 radical (unpaired) electrons. The van der Waals surface area contributed by atoms with Gasteiger partial charge in [0, 0.05) is 19.7 Å². The minimum absolute atomic E-state index is 0.0810. The van der Waals surface area contributed by atoms with Crippen molar-refractivity contribution in [3.8, 4) is 0 Å². The molecule has 21 heavy (non-hydrogen) atoms. The largest absolute Gasteiger partial charge is 0.394 e. The summed E-state index contributed by atoms with van der Waals surface area (Å²) in [4.78, 5) is 0. The van der Waals surface area contributed by atoms with E-state index >= 15 is 0 Å². The first-order valence-electron chi connectivity index (χ1n) is 7.23. The molecule has 0 bridgehead atoms. The third-order valence-electron chi connectivity index (χ3n) is 3.01. The lowest BCUT2D eigenvalue weighted by Crippen LogP contribution is -2.49. The van der Waals surface area contributed by atoms with Gasteiger partial charge in [0.1, 0.15) is 18.3 Å². The Morgan fingerprint density at radius 1 is 0.952 bits per heavy atom. The van der Waals surface area contributed by atoms with Crippen LogP contribution in [-0.2, 0) is 4.74 Å². The molecule has 0 aromatic carbocycles. The first kappa shape index (κ1) is 20.7. The number of hydrogen-bond acceptors (Lipinski definition) is 8. The molecule has 7 N–H and O–H groups in total. The van der Waals surface area contributed by atoms with Gasteiger partial charge in [-0.3, -0.25) is 0 Å². The number of nitrogens with one attached hydrogen (secondary N) is 1. The van der Waals surface area contributed by atoms with Crippen LogP contribution in [0.5, 0.6) is 0 Å². The van der Waals surface area contributed by atoms with E-state index < -0.39 is 37.1 Å². The van der Waals surface area contributed by atoms with Crippen LogP contribution < -0.4 is 5.32 Å². The normalized spacial score (nSPS) is 19.0. The topological polar surface area (TPSA) is 143 Å². The van der Waals surface area contributed by atoms with Gasteiger partial charge in [0.05, 0.1) is 25.4 Å². The molecular weight excluding hydrogens is 282 g/mol. The molecule has 0 heterocycles. The Kier molecular flexibility index (Phi) is 12.1. The molecule has 0 saturated carbocycles. The molecule has 0 aromatic rings. The van der Waals surface area contributed by atoms with E-state index in [0.29, 0.717) is 6.61 Å². The zero-order valence-electron chi connectivity index (χ0n) is 12.4. The summed E-state index contributed by atoms with van der Waals surface area (Å²) in [7, 11) is 0. The van der Waals surface area contributed by atoms with Crippen LogP contribution in [0.25, 0.3) is 0 Å². The van der Waals surface area contributed by atoms with Crippen LogP contribution in [0.2, 0.25) is 0 Å². The van der Waals surface area contributed by atoms with Gasteiger partial charge in [0.25, 0.3) is 0 Å². The maximum atomic E-state index is 9.61. The average Bonchev–Trinajstić information content (AvgIpc) is 2.49. The second kappa shape index (κ2) is 12.2. The molecule has 0 amide bonds. The van der Waals surface area contributed by atoms with Crippen molar-refractivity contribution in [1.82, 2.24) is 5.32 Å². The number of aliphatic hydroxyl groups is 6. The summed E-state index contributed by atoms with van der Waals surface area (Å²) >= 11 is 0. The van der Waals surface area contributed by atoms with Crippen molar-refractivity contribution in [1.29, 1.82) is 0 Å². The van der Waals surface area contributed by atoms with E-state index in [1.807, 2.05) is 6.92 Å². The van der Waals surface area contributed by atoms with Crippen molar-refractivity contribution in [2.24, 2.45) is 0 Å². The second-order valence-electron chi connectivity index (χ2n) is 5.04. The fourth-order valence-electron chi connectivity index (χ4n) is 1.61. The van der Waals surface area contributed by atoms with Gasteiger partial charge in [0.2, 0.25) is 0 Å². The van der Waals surface area contributed by atoms with Crippen LogP contribution in [0.1, 0.15) is 19.8 Å². The monoisotopic (exact) mass is 311 g/mol. The Labute approximate surface area is 125 Å². The minimum Gasteiger partial charge on any atom is -0.394 e. The third kappa shape index (κ3) is 9.33. The molecule has 0 aliphatic heterocycles. The second-order valence-corrected chi connectivity index (χ2v) is 5.04. The molecule has 8 heteroatoms. The van der Waals surface area contributed by atoms with Crippen molar-refractivity contribution >= 4 is 0 Å². The van der Waals surface area contributed by atoms with E-state index in [9.17, 15) is 20.4 Å². The van der Waals surface area contributed by atoms with E-state index in [2.05, 4.69) is 5.32 Å². The molecule has 8 nitrogen and oxygen atoms in total. The van der Waals surface area contributed by atoms with Crippen molar-refractivity contribution in [3.05, 3.63) is 0 Å².